The smallest absolute Gasteiger partial charge is 0.271 e. The average Bonchev–Trinajstić information content (AvgIpc) is 3.14. The van der Waals surface area contributed by atoms with Crippen LogP contribution in [0.25, 0.3) is 17.4 Å². The molecule has 2 aromatic rings. The van der Waals surface area contributed by atoms with Crippen molar-refractivity contribution in [2.24, 2.45) is 0 Å². The van der Waals surface area contributed by atoms with Gasteiger partial charge in [-0.05, 0) is 56.7 Å². The number of nitrogens with zero attached hydrogens (tertiary/aromatic N) is 3. The van der Waals surface area contributed by atoms with Crippen LogP contribution in [0.2, 0.25) is 0 Å². The number of nitro benzene ring substituents is 1. The lowest BCUT2D eigenvalue weighted by Gasteiger charge is -2.30. The zero-order valence-electron chi connectivity index (χ0n) is 16.0. The van der Waals surface area contributed by atoms with E-state index in [2.05, 4.69) is 0 Å². The molecule has 0 radical (unpaired) electrons. The predicted molar refractivity (Wildman–Crippen MR) is 104 cm³/mol. The molecule has 0 atom stereocenters. The molecule has 2 heterocycles. The molecule has 146 valence electrons. The number of hydrogen-bond acceptors (Lipinski definition) is 6. The summed E-state index contributed by atoms with van der Waals surface area (Å²) in [5.41, 5.74) is 1.04. The minimum Gasteiger partial charge on any atom is -0.457 e. The zero-order valence-corrected chi connectivity index (χ0v) is 16.0. The van der Waals surface area contributed by atoms with Gasteiger partial charge in [-0.25, -0.2) is 0 Å². The van der Waals surface area contributed by atoms with Gasteiger partial charge in [-0.3, -0.25) is 24.6 Å². The molecule has 1 aromatic carbocycles. The Labute approximate surface area is 166 Å². The Balaban J connectivity index is 2.00. The topological polar surface area (TPSA) is 117 Å². The molecular weight excluding hydrogens is 374 g/mol. The van der Waals surface area contributed by atoms with E-state index in [1.807, 2.05) is 6.07 Å². The second-order valence-electron chi connectivity index (χ2n) is 6.75. The van der Waals surface area contributed by atoms with Gasteiger partial charge >= 0.3 is 0 Å². The van der Waals surface area contributed by atoms with Crippen LogP contribution in [0.5, 0.6) is 0 Å². The minimum atomic E-state index is -0.604. The van der Waals surface area contributed by atoms with Crippen LogP contribution < -0.4 is 0 Å². The molecule has 3 rings (SSSR count). The van der Waals surface area contributed by atoms with Crippen molar-refractivity contribution >= 4 is 23.6 Å². The highest BCUT2D eigenvalue weighted by atomic mass is 16.6. The molecule has 0 saturated heterocycles. The highest BCUT2D eigenvalue weighted by Gasteiger charge is 2.37. The van der Waals surface area contributed by atoms with Gasteiger partial charge in [-0.1, -0.05) is 0 Å². The van der Waals surface area contributed by atoms with Crippen LogP contribution in [0, 0.1) is 21.4 Å². The number of amides is 2. The molecule has 1 aliphatic rings. The third kappa shape index (κ3) is 3.58. The normalized spacial score (nSPS) is 16.0. The monoisotopic (exact) mass is 391 g/mol. The second kappa shape index (κ2) is 7.56. The Morgan fingerprint density at radius 2 is 1.79 bits per heavy atom. The average molecular weight is 391 g/mol. The van der Waals surface area contributed by atoms with Gasteiger partial charge in [-0.2, -0.15) is 5.26 Å². The van der Waals surface area contributed by atoms with Gasteiger partial charge in [0.1, 0.15) is 23.2 Å². The van der Waals surface area contributed by atoms with Crippen molar-refractivity contribution in [2.45, 2.75) is 26.8 Å². The van der Waals surface area contributed by atoms with Crippen LogP contribution in [0.15, 0.2) is 57.5 Å². The molecule has 2 amide bonds. The zero-order chi connectivity index (χ0) is 21.3. The van der Waals surface area contributed by atoms with E-state index in [0.717, 1.165) is 4.90 Å². The number of furan rings is 1. The number of carbonyl (C=O) groups excluding carboxylic acids is 2. The lowest BCUT2D eigenvalue weighted by atomic mass is 9.94. The maximum atomic E-state index is 12.8. The van der Waals surface area contributed by atoms with Gasteiger partial charge in [0.25, 0.3) is 17.5 Å². The lowest BCUT2D eigenvalue weighted by Crippen LogP contribution is -2.46. The molecule has 8 heteroatoms. The summed E-state index contributed by atoms with van der Waals surface area (Å²) in [6.45, 7) is 4.95. The first kappa shape index (κ1) is 19.8. The summed E-state index contributed by atoms with van der Waals surface area (Å²) in [5, 5.41) is 20.1. The van der Waals surface area contributed by atoms with E-state index >= 15 is 0 Å². The summed E-state index contributed by atoms with van der Waals surface area (Å²) in [6.07, 6.45) is 1.49. The first-order chi connectivity index (χ1) is 13.7. The molecule has 0 bridgehead atoms. The third-order valence-corrected chi connectivity index (χ3v) is 4.57. The summed E-state index contributed by atoms with van der Waals surface area (Å²) in [7, 11) is 0. The number of hydrogen-bond donors (Lipinski definition) is 0. The molecule has 0 saturated carbocycles. The first-order valence-corrected chi connectivity index (χ1v) is 8.80. The molecule has 0 N–H and O–H groups in total. The molecule has 8 nitrogen and oxygen atoms in total. The van der Waals surface area contributed by atoms with Crippen molar-refractivity contribution in [3.05, 3.63) is 69.0 Å². The van der Waals surface area contributed by atoms with Crippen molar-refractivity contribution in [1.29, 1.82) is 5.26 Å². The fourth-order valence-electron chi connectivity index (χ4n) is 3.04. The number of imide groups is 1. The molecular formula is C21H17N3O5. The van der Waals surface area contributed by atoms with Crippen molar-refractivity contribution in [3.63, 3.8) is 0 Å². The van der Waals surface area contributed by atoms with E-state index in [1.54, 1.807) is 45.0 Å². The second-order valence-corrected chi connectivity index (χ2v) is 6.75. The van der Waals surface area contributed by atoms with Crippen molar-refractivity contribution in [2.75, 3.05) is 0 Å². The van der Waals surface area contributed by atoms with Crippen molar-refractivity contribution in [3.8, 4) is 17.4 Å². The summed E-state index contributed by atoms with van der Waals surface area (Å²) >= 11 is 0. The van der Waals surface area contributed by atoms with Crippen LogP contribution in [0.1, 0.15) is 26.5 Å². The number of rotatable bonds is 4. The van der Waals surface area contributed by atoms with Crippen LogP contribution in [-0.2, 0) is 9.59 Å². The highest BCUT2D eigenvalue weighted by molar-refractivity contribution is 6.19. The maximum Gasteiger partial charge on any atom is 0.271 e. The van der Waals surface area contributed by atoms with Gasteiger partial charge in [0.05, 0.1) is 4.92 Å². The van der Waals surface area contributed by atoms with E-state index in [9.17, 15) is 25.0 Å². The Morgan fingerprint density at radius 3 is 2.34 bits per heavy atom. The van der Waals surface area contributed by atoms with Crippen LogP contribution >= 0.6 is 0 Å². The Hall–Kier alpha value is -3.99. The first-order valence-electron chi connectivity index (χ1n) is 8.80. The lowest BCUT2D eigenvalue weighted by molar-refractivity contribution is -0.384. The largest absolute Gasteiger partial charge is 0.457 e. The van der Waals surface area contributed by atoms with E-state index in [-0.39, 0.29) is 16.8 Å². The minimum absolute atomic E-state index is 0.0290. The maximum absolute atomic E-state index is 12.8. The number of non-ortho nitro benzene ring substituents is 1. The van der Waals surface area contributed by atoms with E-state index in [1.165, 1.54) is 18.2 Å². The predicted octanol–water partition coefficient (Wildman–Crippen LogP) is 3.86. The number of nitriles is 1. The van der Waals surface area contributed by atoms with Crippen LogP contribution in [0.4, 0.5) is 5.69 Å². The van der Waals surface area contributed by atoms with Gasteiger partial charge in [-0.15, -0.1) is 0 Å². The SMILES string of the molecule is CC1=C(C#N)C(=O)N(C(C)C)C(=O)/C1=C/c1ccc(-c2ccc([N+](=O)[O-])cc2)o1. The van der Waals surface area contributed by atoms with Crippen LogP contribution in [-0.4, -0.2) is 27.7 Å². The summed E-state index contributed by atoms with van der Waals surface area (Å²) in [6, 6.07) is 10.7. The fourth-order valence-corrected chi connectivity index (χ4v) is 3.04. The molecule has 0 spiro atoms. The van der Waals surface area contributed by atoms with Crippen molar-refractivity contribution < 1.29 is 18.9 Å². The van der Waals surface area contributed by atoms with Crippen molar-refractivity contribution in [1.82, 2.24) is 4.90 Å². The third-order valence-electron chi connectivity index (χ3n) is 4.57. The molecule has 0 unspecified atom stereocenters. The van der Waals surface area contributed by atoms with E-state index < -0.39 is 22.8 Å². The number of carbonyl (C=O) groups is 2. The molecule has 1 aliphatic heterocycles. The number of benzene rings is 1. The number of nitro groups is 1. The highest BCUT2D eigenvalue weighted by Crippen LogP contribution is 2.30. The van der Waals surface area contributed by atoms with E-state index in [0.29, 0.717) is 22.7 Å². The van der Waals surface area contributed by atoms with Gasteiger partial charge < -0.3 is 4.42 Å². The molecule has 1 aromatic heterocycles. The Morgan fingerprint density at radius 1 is 1.14 bits per heavy atom. The molecule has 0 fully saturated rings. The standard InChI is InChI=1S/C21H17N3O5/c1-12(2)23-20(25)17(13(3)18(11-22)21(23)26)10-16-8-9-19(29-16)14-4-6-15(7-5-14)24(27)28/h4-10,12H,1-3H3/b17-10+. The van der Waals surface area contributed by atoms with Gasteiger partial charge in [0.15, 0.2) is 0 Å². The van der Waals surface area contributed by atoms with E-state index in [4.69, 9.17) is 4.42 Å². The molecule has 0 aliphatic carbocycles. The molecule has 29 heavy (non-hydrogen) atoms. The fraction of sp³-hybridized carbons (Fsp3) is 0.190. The Kier molecular flexibility index (Phi) is 5.15. The quantitative estimate of drug-likeness (QED) is 0.338. The van der Waals surface area contributed by atoms with Crippen LogP contribution in [0.3, 0.4) is 0 Å². The summed E-state index contributed by atoms with van der Waals surface area (Å²) < 4.78 is 5.75. The van der Waals surface area contributed by atoms with Gasteiger partial charge in [0, 0.05) is 29.3 Å². The Bertz CT molecular complexity index is 1110. The van der Waals surface area contributed by atoms with Gasteiger partial charge in [0.2, 0.25) is 0 Å². The summed E-state index contributed by atoms with van der Waals surface area (Å²) in [5.74, 6) is -0.270. The summed E-state index contributed by atoms with van der Waals surface area (Å²) in [4.78, 5) is 36.6.